The molecule has 0 saturated heterocycles. The Morgan fingerprint density at radius 2 is 2.46 bits per heavy atom. The molecule has 0 aliphatic rings. The molecule has 0 unspecified atom stereocenters. The lowest BCUT2D eigenvalue weighted by molar-refractivity contribution is -0.143. The van der Waals surface area contributed by atoms with Gasteiger partial charge < -0.3 is 15.5 Å². The second kappa shape index (κ2) is 5.37. The zero-order valence-electron chi connectivity index (χ0n) is 7.45. The van der Waals surface area contributed by atoms with Crippen molar-refractivity contribution in [2.75, 3.05) is 13.2 Å². The van der Waals surface area contributed by atoms with E-state index in [1.54, 1.807) is 0 Å². The van der Waals surface area contributed by atoms with Crippen molar-refractivity contribution in [3.05, 3.63) is 24.0 Å². The fourth-order valence-electron chi connectivity index (χ4n) is 0.987. The van der Waals surface area contributed by atoms with Crippen molar-refractivity contribution in [1.82, 2.24) is 4.98 Å². The number of H-pyrrole nitrogens is 1. The quantitative estimate of drug-likeness (QED) is 0.649. The smallest absolute Gasteiger partial charge is 0.307 e. The van der Waals surface area contributed by atoms with Crippen LogP contribution in [0.3, 0.4) is 0 Å². The van der Waals surface area contributed by atoms with E-state index < -0.39 is 0 Å². The molecule has 1 aromatic heterocycles. The molecular weight excluding hydrogens is 168 g/mol. The highest BCUT2D eigenvalue weighted by Gasteiger charge is 2.00. The van der Waals surface area contributed by atoms with Gasteiger partial charge in [-0.15, -0.1) is 0 Å². The first-order chi connectivity index (χ1) is 6.33. The van der Waals surface area contributed by atoms with Crippen molar-refractivity contribution in [1.29, 1.82) is 0 Å². The molecule has 72 valence electrons. The molecule has 0 radical (unpaired) electrons. The molecule has 4 heteroatoms. The number of aromatic nitrogens is 1. The van der Waals surface area contributed by atoms with Gasteiger partial charge in [-0.3, -0.25) is 4.79 Å². The molecule has 1 aromatic rings. The first-order valence-electron chi connectivity index (χ1n) is 4.30. The number of carbonyl (C=O) groups is 1. The van der Waals surface area contributed by atoms with Crippen molar-refractivity contribution in [3.63, 3.8) is 0 Å². The maximum absolute atomic E-state index is 10.9. The van der Waals surface area contributed by atoms with Crippen LogP contribution in [0.15, 0.2) is 18.5 Å². The van der Waals surface area contributed by atoms with E-state index in [2.05, 4.69) is 4.98 Å². The molecule has 4 nitrogen and oxygen atoms in total. The van der Waals surface area contributed by atoms with E-state index in [4.69, 9.17) is 10.5 Å². The number of hydrogen-bond donors (Lipinski definition) is 2. The molecule has 1 rings (SSSR count). The van der Waals surface area contributed by atoms with Crippen LogP contribution in [0.2, 0.25) is 0 Å². The van der Waals surface area contributed by atoms with Crippen LogP contribution < -0.4 is 5.73 Å². The van der Waals surface area contributed by atoms with E-state index in [1.807, 2.05) is 18.5 Å². The number of aromatic amines is 1. The van der Waals surface area contributed by atoms with Gasteiger partial charge in [0.2, 0.25) is 0 Å². The molecule has 0 spiro atoms. The second-order valence-electron chi connectivity index (χ2n) is 2.73. The van der Waals surface area contributed by atoms with E-state index >= 15 is 0 Å². The lowest BCUT2D eigenvalue weighted by Crippen LogP contribution is -2.12. The van der Waals surface area contributed by atoms with E-state index in [-0.39, 0.29) is 5.97 Å². The molecule has 1 heterocycles. The minimum atomic E-state index is -0.224. The van der Waals surface area contributed by atoms with Gasteiger partial charge in [-0.1, -0.05) is 0 Å². The Morgan fingerprint density at radius 1 is 1.62 bits per heavy atom. The normalized spacial score (nSPS) is 9.92. The summed E-state index contributed by atoms with van der Waals surface area (Å²) >= 11 is 0. The molecule has 3 N–H and O–H groups in total. The maximum Gasteiger partial charge on any atom is 0.307 e. The largest absolute Gasteiger partial charge is 0.465 e. The molecular formula is C9H14N2O2. The Bertz CT molecular complexity index is 244. The molecule has 0 saturated carbocycles. The van der Waals surface area contributed by atoms with Crippen LogP contribution in [-0.2, 0) is 16.0 Å². The minimum Gasteiger partial charge on any atom is -0.465 e. The SMILES string of the molecule is NCCC(=O)OCCc1cc[nH]c1. The Hall–Kier alpha value is -1.29. The fraction of sp³-hybridized carbons (Fsp3) is 0.444. The van der Waals surface area contributed by atoms with Crippen LogP contribution >= 0.6 is 0 Å². The van der Waals surface area contributed by atoms with Gasteiger partial charge in [0.25, 0.3) is 0 Å². The Labute approximate surface area is 77.1 Å². The number of carbonyl (C=O) groups excluding carboxylic acids is 1. The van der Waals surface area contributed by atoms with Crippen molar-refractivity contribution in [3.8, 4) is 0 Å². The van der Waals surface area contributed by atoms with Crippen LogP contribution in [-0.4, -0.2) is 24.1 Å². The van der Waals surface area contributed by atoms with Crippen LogP contribution in [0.25, 0.3) is 0 Å². The van der Waals surface area contributed by atoms with Crippen molar-refractivity contribution in [2.45, 2.75) is 12.8 Å². The van der Waals surface area contributed by atoms with Gasteiger partial charge in [0.15, 0.2) is 0 Å². The maximum atomic E-state index is 10.9. The van der Waals surface area contributed by atoms with Crippen molar-refractivity contribution >= 4 is 5.97 Å². The minimum absolute atomic E-state index is 0.224. The summed E-state index contributed by atoms with van der Waals surface area (Å²) in [6.07, 6.45) is 4.78. The van der Waals surface area contributed by atoms with E-state index in [1.165, 1.54) is 0 Å². The Morgan fingerprint density at radius 3 is 3.08 bits per heavy atom. The molecule has 0 aliphatic carbocycles. The first kappa shape index (κ1) is 9.80. The molecule has 0 amide bonds. The van der Waals surface area contributed by atoms with Gasteiger partial charge >= 0.3 is 5.97 Å². The molecule has 0 aromatic carbocycles. The molecule has 0 aliphatic heterocycles. The predicted molar refractivity (Wildman–Crippen MR) is 49.1 cm³/mol. The summed E-state index contributed by atoms with van der Waals surface area (Å²) in [6, 6.07) is 1.96. The van der Waals surface area contributed by atoms with Crippen LogP contribution in [0.5, 0.6) is 0 Å². The fourth-order valence-corrected chi connectivity index (χ4v) is 0.987. The number of esters is 1. The highest BCUT2D eigenvalue weighted by molar-refractivity contribution is 5.69. The molecule has 0 bridgehead atoms. The predicted octanol–water partition coefficient (Wildman–Crippen LogP) is 0.449. The third-order valence-electron chi connectivity index (χ3n) is 1.66. The Kier molecular flexibility index (Phi) is 4.05. The third-order valence-corrected chi connectivity index (χ3v) is 1.66. The highest BCUT2D eigenvalue weighted by atomic mass is 16.5. The third kappa shape index (κ3) is 3.75. The average molecular weight is 182 g/mol. The number of hydrogen-bond acceptors (Lipinski definition) is 3. The van der Waals surface area contributed by atoms with Gasteiger partial charge in [0.05, 0.1) is 13.0 Å². The van der Waals surface area contributed by atoms with Gasteiger partial charge in [-0.2, -0.15) is 0 Å². The summed E-state index contributed by atoms with van der Waals surface area (Å²) < 4.78 is 4.92. The van der Waals surface area contributed by atoms with Crippen LogP contribution in [0, 0.1) is 0 Å². The Balaban J connectivity index is 2.11. The topological polar surface area (TPSA) is 68.1 Å². The monoisotopic (exact) mass is 182 g/mol. The lowest BCUT2D eigenvalue weighted by atomic mass is 10.2. The average Bonchev–Trinajstić information content (AvgIpc) is 2.57. The number of ether oxygens (including phenoxy) is 1. The summed E-state index contributed by atoms with van der Waals surface area (Å²) in [7, 11) is 0. The van der Waals surface area contributed by atoms with Gasteiger partial charge in [0, 0.05) is 25.4 Å². The van der Waals surface area contributed by atoms with Gasteiger partial charge in [0.1, 0.15) is 0 Å². The second-order valence-corrected chi connectivity index (χ2v) is 2.73. The number of nitrogens with two attached hydrogens (primary N) is 1. The van der Waals surface area contributed by atoms with Crippen LogP contribution in [0.4, 0.5) is 0 Å². The summed E-state index contributed by atoms with van der Waals surface area (Å²) in [4.78, 5) is 13.8. The molecule has 13 heavy (non-hydrogen) atoms. The van der Waals surface area contributed by atoms with E-state index in [0.29, 0.717) is 19.6 Å². The number of rotatable bonds is 5. The van der Waals surface area contributed by atoms with Crippen molar-refractivity contribution in [2.24, 2.45) is 5.73 Å². The molecule has 0 fully saturated rings. The van der Waals surface area contributed by atoms with Crippen molar-refractivity contribution < 1.29 is 9.53 Å². The number of nitrogens with one attached hydrogen (secondary N) is 1. The summed E-state index contributed by atoms with van der Waals surface area (Å²) in [6.45, 7) is 0.777. The summed E-state index contributed by atoms with van der Waals surface area (Å²) in [5.41, 5.74) is 6.33. The zero-order valence-corrected chi connectivity index (χ0v) is 7.45. The lowest BCUT2D eigenvalue weighted by Gasteiger charge is -2.01. The highest BCUT2D eigenvalue weighted by Crippen LogP contribution is 1.98. The summed E-state index contributed by atoms with van der Waals surface area (Å²) in [5.74, 6) is -0.224. The van der Waals surface area contributed by atoms with E-state index in [0.717, 1.165) is 12.0 Å². The first-order valence-corrected chi connectivity index (χ1v) is 4.30. The van der Waals surface area contributed by atoms with E-state index in [9.17, 15) is 4.79 Å². The summed E-state index contributed by atoms with van der Waals surface area (Å²) in [5, 5.41) is 0. The standard InChI is InChI=1S/C9H14N2O2/c10-4-1-9(12)13-6-3-8-2-5-11-7-8/h2,5,7,11H,1,3-4,6,10H2. The van der Waals surface area contributed by atoms with Gasteiger partial charge in [-0.25, -0.2) is 0 Å². The zero-order chi connectivity index (χ0) is 9.52. The van der Waals surface area contributed by atoms with Crippen LogP contribution in [0.1, 0.15) is 12.0 Å². The molecule has 0 atom stereocenters. The van der Waals surface area contributed by atoms with Gasteiger partial charge in [-0.05, 0) is 11.6 Å².